The van der Waals surface area contributed by atoms with Gasteiger partial charge in [0.05, 0.1) is 12.2 Å². The molecule has 4 nitrogen and oxygen atoms in total. The number of carboxylic acids is 1. The lowest BCUT2D eigenvalue weighted by Gasteiger charge is -2.05. The van der Waals surface area contributed by atoms with Gasteiger partial charge in [-0.15, -0.1) is 0 Å². The number of aliphatic carboxylic acids is 1. The van der Waals surface area contributed by atoms with E-state index in [1.807, 2.05) is 12.2 Å². The van der Waals surface area contributed by atoms with Crippen LogP contribution in [0.25, 0.3) is 0 Å². The molecule has 0 aliphatic carbocycles. The van der Waals surface area contributed by atoms with Crippen LogP contribution in [-0.2, 0) is 9.53 Å². The van der Waals surface area contributed by atoms with E-state index in [0.717, 1.165) is 44.9 Å². The molecule has 0 unspecified atom stereocenters. The van der Waals surface area contributed by atoms with E-state index in [9.17, 15) is 9.90 Å². The summed E-state index contributed by atoms with van der Waals surface area (Å²) in [5, 5.41) is 18.4. The Morgan fingerprint density at radius 2 is 1.86 bits per heavy atom. The van der Waals surface area contributed by atoms with Crippen LogP contribution in [0.1, 0.15) is 77.6 Å². The fourth-order valence-corrected chi connectivity index (χ4v) is 2.65. The minimum Gasteiger partial charge on any atom is -0.481 e. The van der Waals surface area contributed by atoms with Gasteiger partial charge in [-0.3, -0.25) is 4.79 Å². The molecule has 1 fully saturated rings. The van der Waals surface area contributed by atoms with E-state index in [1.165, 1.54) is 19.3 Å². The molecule has 0 bridgehead atoms. The third kappa shape index (κ3) is 9.96. The van der Waals surface area contributed by atoms with Crippen LogP contribution in [0.2, 0.25) is 0 Å². The maximum atomic E-state index is 10.4. The second-order valence-corrected chi connectivity index (χ2v) is 6.29. The summed E-state index contributed by atoms with van der Waals surface area (Å²) >= 11 is 0. The lowest BCUT2D eigenvalue weighted by atomic mass is 10.1. The summed E-state index contributed by atoms with van der Waals surface area (Å²) in [6.07, 6.45) is 14.9. The maximum Gasteiger partial charge on any atom is 0.303 e. The third-order valence-corrected chi connectivity index (χ3v) is 4.13. The lowest BCUT2D eigenvalue weighted by molar-refractivity contribution is -0.137. The predicted molar refractivity (Wildman–Crippen MR) is 87.9 cm³/mol. The molecule has 2 N–H and O–H groups in total. The van der Waals surface area contributed by atoms with Crippen molar-refractivity contribution in [2.24, 2.45) is 0 Å². The van der Waals surface area contributed by atoms with Gasteiger partial charge in [-0.1, -0.05) is 64.0 Å². The summed E-state index contributed by atoms with van der Waals surface area (Å²) in [5.74, 6) is -0.712. The number of hydrogen-bond acceptors (Lipinski definition) is 3. The normalized spacial score (nSPS) is 22.1. The van der Waals surface area contributed by atoms with Crippen molar-refractivity contribution in [2.45, 2.75) is 95.9 Å². The summed E-state index contributed by atoms with van der Waals surface area (Å²) in [5.41, 5.74) is 0. The number of aliphatic hydroxyl groups is 1. The molecular weight excluding hydrogens is 280 g/mol. The van der Waals surface area contributed by atoms with Crippen molar-refractivity contribution in [1.82, 2.24) is 0 Å². The second-order valence-electron chi connectivity index (χ2n) is 6.29. The van der Waals surface area contributed by atoms with Crippen molar-refractivity contribution in [3.05, 3.63) is 12.2 Å². The molecule has 1 heterocycles. The summed E-state index contributed by atoms with van der Waals surface area (Å²) in [6.45, 7) is 2.20. The number of unbranched alkanes of at least 4 members (excludes halogenated alkanes) is 6. The minimum absolute atomic E-state index is 0.225. The Labute approximate surface area is 134 Å². The summed E-state index contributed by atoms with van der Waals surface area (Å²) in [4.78, 5) is 10.4. The molecule has 0 amide bonds. The third-order valence-electron chi connectivity index (χ3n) is 4.13. The van der Waals surface area contributed by atoms with E-state index in [0.29, 0.717) is 6.10 Å². The molecule has 1 saturated heterocycles. The van der Waals surface area contributed by atoms with E-state index in [4.69, 9.17) is 9.84 Å². The van der Waals surface area contributed by atoms with Gasteiger partial charge in [0.1, 0.15) is 6.10 Å². The number of carbonyl (C=O) groups is 1. The lowest BCUT2D eigenvalue weighted by Crippen LogP contribution is -2.02. The van der Waals surface area contributed by atoms with Crippen LogP contribution in [-0.4, -0.2) is 34.5 Å². The topological polar surface area (TPSA) is 70.1 Å². The zero-order valence-electron chi connectivity index (χ0n) is 13.9. The largest absolute Gasteiger partial charge is 0.481 e. The van der Waals surface area contributed by atoms with Gasteiger partial charge in [-0.25, -0.2) is 0 Å². The highest BCUT2D eigenvalue weighted by atomic mass is 16.6. The first kappa shape index (κ1) is 19.2. The van der Waals surface area contributed by atoms with Gasteiger partial charge in [0, 0.05) is 6.42 Å². The molecular formula is C18H32O4. The van der Waals surface area contributed by atoms with Crippen LogP contribution in [0.3, 0.4) is 0 Å². The number of rotatable bonds is 14. The van der Waals surface area contributed by atoms with E-state index < -0.39 is 5.97 Å². The average molecular weight is 312 g/mol. The molecule has 3 atom stereocenters. The molecule has 1 aliphatic heterocycles. The molecule has 0 aromatic rings. The minimum atomic E-state index is -0.712. The number of hydrogen-bond donors (Lipinski definition) is 2. The van der Waals surface area contributed by atoms with E-state index in [-0.39, 0.29) is 18.6 Å². The Morgan fingerprint density at radius 3 is 2.59 bits per heavy atom. The Balaban J connectivity index is 1.92. The van der Waals surface area contributed by atoms with Gasteiger partial charge in [0.2, 0.25) is 0 Å². The zero-order valence-corrected chi connectivity index (χ0v) is 13.9. The van der Waals surface area contributed by atoms with Crippen molar-refractivity contribution in [3.8, 4) is 0 Å². The van der Waals surface area contributed by atoms with Crippen molar-refractivity contribution < 1.29 is 19.7 Å². The van der Waals surface area contributed by atoms with E-state index >= 15 is 0 Å². The van der Waals surface area contributed by atoms with Crippen LogP contribution in [0.15, 0.2) is 12.2 Å². The number of aliphatic hydroxyl groups excluding tert-OH is 1. The molecule has 1 aliphatic rings. The van der Waals surface area contributed by atoms with Crippen LogP contribution < -0.4 is 0 Å². The van der Waals surface area contributed by atoms with Gasteiger partial charge >= 0.3 is 5.97 Å². The fraction of sp³-hybridized carbons (Fsp3) is 0.833. The van der Waals surface area contributed by atoms with Gasteiger partial charge in [0.25, 0.3) is 0 Å². The maximum absolute atomic E-state index is 10.4. The second kappa shape index (κ2) is 11.7. The van der Waals surface area contributed by atoms with E-state index in [2.05, 4.69) is 6.92 Å². The number of ether oxygens (including phenoxy) is 1. The first-order valence-electron chi connectivity index (χ1n) is 8.87. The van der Waals surface area contributed by atoms with E-state index in [1.54, 1.807) is 0 Å². The van der Waals surface area contributed by atoms with Crippen molar-refractivity contribution in [1.29, 1.82) is 0 Å². The molecule has 128 valence electrons. The summed E-state index contributed by atoms with van der Waals surface area (Å²) < 4.78 is 5.56. The molecule has 4 heteroatoms. The van der Waals surface area contributed by atoms with Crippen molar-refractivity contribution in [3.63, 3.8) is 0 Å². The molecule has 0 radical (unpaired) electrons. The zero-order chi connectivity index (χ0) is 16.2. The average Bonchev–Trinajstić information content (AvgIpc) is 3.22. The number of carboxylic acid groups (broad SMARTS) is 1. The van der Waals surface area contributed by atoms with Crippen molar-refractivity contribution >= 4 is 5.97 Å². The Hall–Kier alpha value is -0.870. The van der Waals surface area contributed by atoms with Crippen LogP contribution in [0, 0.1) is 0 Å². The highest BCUT2D eigenvalue weighted by Gasteiger charge is 2.35. The highest BCUT2D eigenvalue weighted by Crippen LogP contribution is 2.28. The van der Waals surface area contributed by atoms with Crippen molar-refractivity contribution in [2.75, 3.05) is 0 Å². The SMILES string of the molecule is CCCCC[C@@H]1O[C@@H]1/C=C/[C@@H](O)CCCCCCCC(=O)O. The highest BCUT2D eigenvalue weighted by molar-refractivity contribution is 5.66. The smallest absolute Gasteiger partial charge is 0.303 e. The summed E-state index contributed by atoms with van der Waals surface area (Å²) in [7, 11) is 0. The molecule has 0 spiro atoms. The first-order chi connectivity index (χ1) is 10.6. The molecule has 0 aromatic heterocycles. The van der Waals surface area contributed by atoms with Gasteiger partial charge in [0.15, 0.2) is 0 Å². The van der Waals surface area contributed by atoms with Crippen LogP contribution in [0.4, 0.5) is 0 Å². The van der Waals surface area contributed by atoms with Gasteiger partial charge in [-0.2, -0.15) is 0 Å². The quantitative estimate of drug-likeness (QED) is 0.288. The van der Waals surface area contributed by atoms with Crippen LogP contribution >= 0.6 is 0 Å². The van der Waals surface area contributed by atoms with Gasteiger partial charge in [-0.05, 0) is 19.3 Å². The predicted octanol–water partition coefficient (Wildman–Crippen LogP) is 4.07. The Morgan fingerprint density at radius 1 is 1.14 bits per heavy atom. The monoisotopic (exact) mass is 312 g/mol. The molecule has 0 saturated carbocycles. The fourth-order valence-electron chi connectivity index (χ4n) is 2.65. The Kier molecular flexibility index (Phi) is 10.2. The standard InChI is InChI=1S/C18H32O4/c1-2-3-7-11-16-17(22-16)14-13-15(19)10-8-5-4-6-9-12-18(20)21/h13-17,19H,2-12H2,1H3,(H,20,21)/b14-13+/t15-,16-,17+/m0/s1. The molecule has 1 rings (SSSR count). The van der Waals surface area contributed by atoms with Gasteiger partial charge < -0.3 is 14.9 Å². The van der Waals surface area contributed by atoms with Crippen LogP contribution in [0.5, 0.6) is 0 Å². The first-order valence-corrected chi connectivity index (χ1v) is 8.87. The molecule has 0 aromatic carbocycles. The molecule has 22 heavy (non-hydrogen) atoms. The Bertz CT molecular complexity index is 327. The summed E-state index contributed by atoms with van der Waals surface area (Å²) in [6, 6.07) is 0. The number of epoxide rings is 1.